The van der Waals surface area contributed by atoms with Crippen LogP contribution in [0.15, 0.2) is 0 Å². The molecular formula is C17H29NO3. The zero-order valence-corrected chi connectivity index (χ0v) is 14.2. The molecule has 4 unspecified atom stereocenters. The Kier molecular flexibility index (Phi) is 4.11. The van der Waals surface area contributed by atoms with Crippen molar-refractivity contribution < 1.29 is 14.3 Å². The Labute approximate surface area is 128 Å². The topological polar surface area (TPSA) is 46.6 Å². The average Bonchev–Trinajstić information content (AvgIpc) is 2.36. The molecule has 0 aromatic heterocycles. The fourth-order valence-corrected chi connectivity index (χ4v) is 4.13. The molecule has 4 heteroatoms. The van der Waals surface area contributed by atoms with Crippen molar-refractivity contribution in [2.24, 2.45) is 29.1 Å². The van der Waals surface area contributed by atoms with Gasteiger partial charge in [-0.1, -0.05) is 13.8 Å². The molecular weight excluding hydrogens is 266 g/mol. The van der Waals surface area contributed by atoms with Crippen LogP contribution in [0.1, 0.15) is 47.5 Å². The number of fused-ring (bicyclic) bond motifs is 2. The van der Waals surface area contributed by atoms with E-state index in [4.69, 9.17) is 4.74 Å². The van der Waals surface area contributed by atoms with E-state index >= 15 is 0 Å². The summed E-state index contributed by atoms with van der Waals surface area (Å²) in [4.78, 5) is 25.2. The SMILES string of the molecule is CN(CC1CC2CC(C1C=O)C2(C)C)C(=O)OC(C)(C)C. The van der Waals surface area contributed by atoms with Gasteiger partial charge >= 0.3 is 6.09 Å². The molecule has 3 aliphatic rings. The largest absolute Gasteiger partial charge is 0.444 e. The Morgan fingerprint density at radius 1 is 1.33 bits per heavy atom. The molecule has 3 saturated carbocycles. The highest BCUT2D eigenvalue weighted by molar-refractivity contribution is 5.68. The van der Waals surface area contributed by atoms with Gasteiger partial charge in [0.25, 0.3) is 0 Å². The van der Waals surface area contributed by atoms with E-state index in [1.54, 1.807) is 11.9 Å². The summed E-state index contributed by atoms with van der Waals surface area (Å²) in [5.74, 6) is 1.52. The van der Waals surface area contributed by atoms with E-state index in [9.17, 15) is 9.59 Å². The maximum atomic E-state index is 12.1. The van der Waals surface area contributed by atoms with E-state index in [0.717, 1.165) is 12.7 Å². The third-order valence-electron chi connectivity index (χ3n) is 5.51. The summed E-state index contributed by atoms with van der Waals surface area (Å²) < 4.78 is 5.39. The van der Waals surface area contributed by atoms with Crippen molar-refractivity contribution in [3.8, 4) is 0 Å². The highest BCUT2D eigenvalue weighted by Crippen LogP contribution is 2.62. The monoisotopic (exact) mass is 295 g/mol. The number of aldehydes is 1. The summed E-state index contributed by atoms with van der Waals surface area (Å²) >= 11 is 0. The fraction of sp³-hybridized carbons (Fsp3) is 0.882. The van der Waals surface area contributed by atoms with Crippen molar-refractivity contribution in [3.05, 3.63) is 0 Å². The molecule has 21 heavy (non-hydrogen) atoms. The lowest BCUT2D eigenvalue weighted by Crippen LogP contribution is -2.58. The van der Waals surface area contributed by atoms with E-state index in [1.807, 2.05) is 20.8 Å². The molecule has 0 N–H and O–H groups in total. The number of amides is 1. The number of carbonyl (C=O) groups is 2. The van der Waals surface area contributed by atoms with Gasteiger partial charge in [0.2, 0.25) is 0 Å². The van der Waals surface area contributed by atoms with Gasteiger partial charge < -0.3 is 14.4 Å². The van der Waals surface area contributed by atoms with Gasteiger partial charge in [-0.2, -0.15) is 0 Å². The maximum absolute atomic E-state index is 12.1. The van der Waals surface area contributed by atoms with Crippen LogP contribution >= 0.6 is 0 Å². The van der Waals surface area contributed by atoms with Crippen molar-refractivity contribution in [2.75, 3.05) is 13.6 Å². The van der Waals surface area contributed by atoms with Gasteiger partial charge in [-0.05, 0) is 56.8 Å². The van der Waals surface area contributed by atoms with Gasteiger partial charge in [-0.3, -0.25) is 0 Å². The summed E-state index contributed by atoms with van der Waals surface area (Å²) in [6.07, 6.45) is 3.03. The van der Waals surface area contributed by atoms with Gasteiger partial charge in [-0.25, -0.2) is 4.79 Å². The molecule has 0 aliphatic heterocycles. The Hall–Kier alpha value is -1.06. The molecule has 3 aliphatic carbocycles. The van der Waals surface area contributed by atoms with Crippen LogP contribution in [-0.4, -0.2) is 36.5 Å². The molecule has 0 saturated heterocycles. The Balaban J connectivity index is 1.97. The predicted molar refractivity (Wildman–Crippen MR) is 81.9 cm³/mol. The Morgan fingerprint density at radius 2 is 1.95 bits per heavy atom. The van der Waals surface area contributed by atoms with E-state index in [0.29, 0.717) is 18.4 Å². The highest BCUT2D eigenvalue weighted by atomic mass is 16.6. The number of hydrogen-bond acceptors (Lipinski definition) is 3. The van der Waals surface area contributed by atoms with Crippen molar-refractivity contribution in [2.45, 2.75) is 53.1 Å². The van der Waals surface area contributed by atoms with Gasteiger partial charge in [0, 0.05) is 19.5 Å². The Morgan fingerprint density at radius 3 is 2.43 bits per heavy atom. The minimum absolute atomic E-state index is 0.0786. The first-order valence-electron chi connectivity index (χ1n) is 7.95. The number of ether oxygens (including phenoxy) is 1. The van der Waals surface area contributed by atoms with E-state index < -0.39 is 5.60 Å². The van der Waals surface area contributed by atoms with E-state index in [1.165, 1.54) is 6.42 Å². The van der Waals surface area contributed by atoms with Gasteiger partial charge in [0.05, 0.1) is 0 Å². The second-order valence-corrected chi connectivity index (χ2v) is 8.43. The lowest BCUT2D eigenvalue weighted by Gasteiger charge is -2.61. The first-order chi connectivity index (χ1) is 9.56. The molecule has 0 aromatic rings. The zero-order valence-electron chi connectivity index (χ0n) is 14.2. The lowest BCUT2D eigenvalue weighted by atomic mass is 9.43. The zero-order chi connectivity index (χ0) is 16.0. The molecule has 120 valence electrons. The summed E-state index contributed by atoms with van der Waals surface area (Å²) in [5, 5.41) is 0. The highest BCUT2D eigenvalue weighted by Gasteiger charge is 2.57. The van der Waals surface area contributed by atoms with Crippen molar-refractivity contribution in [3.63, 3.8) is 0 Å². The summed E-state index contributed by atoms with van der Waals surface area (Å²) in [5.41, 5.74) is -0.196. The molecule has 0 radical (unpaired) electrons. The second-order valence-electron chi connectivity index (χ2n) is 8.43. The first kappa shape index (κ1) is 16.3. The van der Waals surface area contributed by atoms with Crippen LogP contribution in [0.25, 0.3) is 0 Å². The fourth-order valence-electron chi connectivity index (χ4n) is 4.13. The van der Waals surface area contributed by atoms with E-state index in [2.05, 4.69) is 13.8 Å². The minimum Gasteiger partial charge on any atom is -0.444 e. The second kappa shape index (κ2) is 5.29. The van der Waals surface area contributed by atoms with Crippen molar-refractivity contribution in [1.82, 2.24) is 4.90 Å². The molecule has 3 rings (SSSR count). The normalized spacial score (nSPS) is 33.8. The molecule has 3 fully saturated rings. The summed E-state index contributed by atoms with van der Waals surface area (Å²) in [6, 6.07) is 0. The van der Waals surface area contributed by atoms with Crippen LogP contribution in [-0.2, 0) is 9.53 Å². The van der Waals surface area contributed by atoms with Gasteiger partial charge in [0.1, 0.15) is 11.9 Å². The van der Waals surface area contributed by atoms with Crippen molar-refractivity contribution in [1.29, 1.82) is 0 Å². The van der Waals surface area contributed by atoms with Crippen LogP contribution in [0.2, 0.25) is 0 Å². The third kappa shape index (κ3) is 3.09. The molecule has 0 spiro atoms. The number of hydrogen-bond donors (Lipinski definition) is 0. The smallest absolute Gasteiger partial charge is 0.410 e. The molecule has 0 aromatic carbocycles. The standard InChI is InChI=1S/C17H29NO3/c1-16(2,3)21-15(20)18(6)9-11-7-12-8-14(13(11)10-19)17(12,4)5/h10-14H,7-9H2,1-6H3. The molecule has 0 heterocycles. The number of carbonyl (C=O) groups excluding carboxylic acids is 2. The number of rotatable bonds is 3. The molecule has 2 bridgehead atoms. The van der Waals surface area contributed by atoms with Crippen molar-refractivity contribution >= 4 is 12.4 Å². The van der Waals surface area contributed by atoms with Crippen LogP contribution < -0.4 is 0 Å². The molecule has 4 nitrogen and oxygen atoms in total. The van der Waals surface area contributed by atoms with E-state index in [-0.39, 0.29) is 23.3 Å². The maximum Gasteiger partial charge on any atom is 0.410 e. The number of nitrogens with zero attached hydrogens (tertiary/aromatic N) is 1. The minimum atomic E-state index is -0.480. The molecule has 1 amide bonds. The Bertz CT molecular complexity index is 424. The summed E-state index contributed by atoms with van der Waals surface area (Å²) in [7, 11) is 1.77. The van der Waals surface area contributed by atoms with Crippen LogP contribution in [0.3, 0.4) is 0 Å². The lowest BCUT2D eigenvalue weighted by molar-refractivity contribution is -0.150. The quantitative estimate of drug-likeness (QED) is 0.750. The van der Waals surface area contributed by atoms with Gasteiger partial charge in [0.15, 0.2) is 0 Å². The third-order valence-corrected chi connectivity index (χ3v) is 5.51. The predicted octanol–water partition coefficient (Wildman–Crippen LogP) is 3.35. The van der Waals surface area contributed by atoms with Crippen LogP contribution in [0.4, 0.5) is 4.79 Å². The average molecular weight is 295 g/mol. The van der Waals surface area contributed by atoms with Gasteiger partial charge in [-0.15, -0.1) is 0 Å². The van der Waals surface area contributed by atoms with Crippen LogP contribution in [0.5, 0.6) is 0 Å². The first-order valence-corrected chi connectivity index (χ1v) is 7.95. The summed E-state index contributed by atoms with van der Waals surface area (Å²) in [6.45, 7) is 10.8. The molecule has 4 atom stereocenters. The van der Waals surface area contributed by atoms with Crippen LogP contribution in [0, 0.1) is 29.1 Å².